The first kappa shape index (κ1) is 19.0. The maximum Gasteiger partial charge on any atom is 0.291 e. The molecule has 7 nitrogen and oxygen atoms in total. The van der Waals surface area contributed by atoms with Crippen LogP contribution in [0.2, 0.25) is 0 Å². The number of carbonyl (C=O) groups excluding carboxylic acids is 2. The van der Waals surface area contributed by atoms with Crippen molar-refractivity contribution in [3.05, 3.63) is 59.9 Å². The van der Waals surface area contributed by atoms with E-state index in [1.807, 2.05) is 49.4 Å². The van der Waals surface area contributed by atoms with E-state index in [-0.39, 0.29) is 24.2 Å². The molecule has 3 aromatic rings. The Bertz CT molecular complexity index is 1020. The molecular weight excluding hydrogens is 372 g/mol. The second kappa shape index (κ2) is 8.36. The number of nitrogens with one attached hydrogen (secondary N) is 1. The number of furan rings is 1. The quantitative estimate of drug-likeness (QED) is 0.719. The van der Waals surface area contributed by atoms with Crippen LogP contribution in [0.1, 0.15) is 16.1 Å². The number of ether oxygens (including phenoxy) is 2. The highest BCUT2D eigenvalue weighted by atomic mass is 16.5. The van der Waals surface area contributed by atoms with Crippen LogP contribution in [0, 0.1) is 6.92 Å². The Kier molecular flexibility index (Phi) is 5.48. The zero-order valence-corrected chi connectivity index (χ0v) is 16.1. The van der Waals surface area contributed by atoms with Gasteiger partial charge in [0, 0.05) is 18.5 Å². The molecule has 2 amide bonds. The van der Waals surface area contributed by atoms with Crippen LogP contribution >= 0.6 is 0 Å². The van der Waals surface area contributed by atoms with Crippen molar-refractivity contribution in [1.82, 2.24) is 4.90 Å². The van der Waals surface area contributed by atoms with Gasteiger partial charge in [-0.25, -0.2) is 0 Å². The molecule has 0 unspecified atom stereocenters. The van der Waals surface area contributed by atoms with E-state index in [1.165, 1.54) is 0 Å². The van der Waals surface area contributed by atoms with Gasteiger partial charge in [0.05, 0.1) is 13.2 Å². The summed E-state index contributed by atoms with van der Waals surface area (Å²) < 4.78 is 16.7. The highest BCUT2D eigenvalue weighted by molar-refractivity contribution is 6.11. The molecule has 1 aliphatic heterocycles. The topological polar surface area (TPSA) is 81.0 Å². The van der Waals surface area contributed by atoms with Crippen molar-refractivity contribution in [1.29, 1.82) is 0 Å². The SMILES string of the molecule is Cc1ccc(OCC(=O)Nc2c(C(=O)N3CCOCC3)oc3ccccc23)cc1. The predicted molar refractivity (Wildman–Crippen MR) is 108 cm³/mol. The predicted octanol–water partition coefficient (Wildman–Crippen LogP) is 3.23. The minimum absolute atomic E-state index is 0.122. The maximum absolute atomic E-state index is 13.0. The smallest absolute Gasteiger partial charge is 0.291 e. The Hall–Kier alpha value is -3.32. The summed E-state index contributed by atoms with van der Waals surface area (Å²) >= 11 is 0. The Labute approximate surface area is 168 Å². The first-order chi connectivity index (χ1) is 14.1. The van der Waals surface area contributed by atoms with E-state index in [4.69, 9.17) is 13.9 Å². The van der Waals surface area contributed by atoms with Gasteiger partial charge in [0.1, 0.15) is 17.0 Å². The molecule has 0 radical (unpaired) electrons. The van der Waals surface area contributed by atoms with Gasteiger partial charge < -0.3 is 24.1 Å². The van der Waals surface area contributed by atoms with Gasteiger partial charge in [-0.1, -0.05) is 29.8 Å². The molecule has 1 saturated heterocycles. The zero-order chi connectivity index (χ0) is 20.2. The molecule has 7 heteroatoms. The number of amides is 2. The van der Waals surface area contributed by atoms with Crippen molar-refractivity contribution in [2.75, 3.05) is 38.2 Å². The molecule has 0 bridgehead atoms. The summed E-state index contributed by atoms with van der Waals surface area (Å²) in [7, 11) is 0. The number of aryl methyl sites for hydroxylation is 1. The summed E-state index contributed by atoms with van der Waals surface area (Å²) in [6, 6.07) is 14.7. The fourth-order valence-corrected chi connectivity index (χ4v) is 3.19. The van der Waals surface area contributed by atoms with Crippen LogP contribution in [-0.4, -0.2) is 49.6 Å². The zero-order valence-electron chi connectivity index (χ0n) is 16.1. The van der Waals surface area contributed by atoms with Crippen LogP contribution in [0.15, 0.2) is 52.9 Å². The lowest BCUT2D eigenvalue weighted by atomic mass is 10.2. The van der Waals surface area contributed by atoms with Gasteiger partial charge in [-0.15, -0.1) is 0 Å². The first-order valence-corrected chi connectivity index (χ1v) is 9.49. The number of anilines is 1. The molecule has 150 valence electrons. The molecule has 1 N–H and O–H groups in total. The summed E-state index contributed by atoms with van der Waals surface area (Å²) in [6.45, 7) is 3.75. The average Bonchev–Trinajstić information content (AvgIpc) is 3.12. The van der Waals surface area contributed by atoms with E-state index >= 15 is 0 Å². The summed E-state index contributed by atoms with van der Waals surface area (Å²) in [4.78, 5) is 27.2. The highest BCUT2D eigenvalue weighted by Gasteiger charge is 2.27. The van der Waals surface area contributed by atoms with Crippen LogP contribution in [0.25, 0.3) is 11.0 Å². The third kappa shape index (κ3) is 4.25. The molecule has 1 aliphatic rings. The van der Waals surface area contributed by atoms with E-state index in [2.05, 4.69) is 5.32 Å². The van der Waals surface area contributed by atoms with E-state index in [0.29, 0.717) is 48.7 Å². The number of fused-ring (bicyclic) bond motifs is 1. The number of para-hydroxylation sites is 1. The van der Waals surface area contributed by atoms with Gasteiger partial charge in [-0.2, -0.15) is 0 Å². The number of rotatable bonds is 5. The molecule has 1 aromatic heterocycles. The van der Waals surface area contributed by atoms with E-state index in [9.17, 15) is 9.59 Å². The second-order valence-corrected chi connectivity index (χ2v) is 6.86. The minimum atomic E-state index is -0.367. The van der Waals surface area contributed by atoms with Crippen molar-refractivity contribution in [2.45, 2.75) is 6.92 Å². The second-order valence-electron chi connectivity index (χ2n) is 6.86. The summed E-state index contributed by atoms with van der Waals surface area (Å²) in [5.41, 5.74) is 2.02. The standard InChI is InChI=1S/C22H22N2O5/c1-15-6-8-16(9-7-15)28-14-19(25)23-20-17-4-2-3-5-18(17)29-21(20)22(26)24-10-12-27-13-11-24/h2-9H,10-14H2,1H3,(H,23,25). The van der Waals surface area contributed by atoms with Crippen molar-refractivity contribution in [2.24, 2.45) is 0 Å². The number of carbonyl (C=O) groups is 2. The molecule has 0 spiro atoms. The van der Waals surface area contributed by atoms with Gasteiger partial charge in [-0.3, -0.25) is 9.59 Å². The summed E-state index contributed by atoms with van der Waals surface area (Å²) in [6.07, 6.45) is 0. The number of benzene rings is 2. The van der Waals surface area contributed by atoms with Crippen molar-refractivity contribution >= 4 is 28.5 Å². The molecule has 0 aliphatic carbocycles. The summed E-state index contributed by atoms with van der Waals surface area (Å²) in [5, 5.41) is 3.47. The Morgan fingerprint density at radius 2 is 1.79 bits per heavy atom. The van der Waals surface area contributed by atoms with Crippen LogP contribution in [-0.2, 0) is 9.53 Å². The molecule has 0 saturated carbocycles. The molecule has 29 heavy (non-hydrogen) atoms. The lowest BCUT2D eigenvalue weighted by molar-refractivity contribution is -0.118. The Morgan fingerprint density at radius 3 is 2.55 bits per heavy atom. The molecule has 2 heterocycles. The average molecular weight is 394 g/mol. The van der Waals surface area contributed by atoms with E-state index < -0.39 is 0 Å². The summed E-state index contributed by atoms with van der Waals surface area (Å²) in [5.74, 6) is 0.0941. The fourth-order valence-electron chi connectivity index (χ4n) is 3.19. The third-order valence-corrected chi connectivity index (χ3v) is 4.74. The normalized spacial score (nSPS) is 14.0. The highest BCUT2D eigenvalue weighted by Crippen LogP contribution is 2.32. The van der Waals surface area contributed by atoms with Gasteiger partial charge >= 0.3 is 0 Å². The molecule has 2 aromatic carbocycles. The van der Waals surface area contributed by atoms with Crippen molar-refractivity contribution in [3.63, 3.8) is 0 Å². The third-order valence-electron chi connectivity index (χ3n) is 4.74. The number of hydrogen-bond acceptors (Lipinski definition) is 5. The number of hydrogen-bond donors (Lipinski definition) is 1. The minimum Gasteiger partial charge on any atom is -0.484 e. The molecular formula is C22H22N2O5. The van der Waals surface area contributed by atoms with E-state index in [1.54, 1.807) is 11.0 Å². The largest absolute Gasteiger partial charge is 0.484 e. The van der Waals surface area contributed by atoms with Crippen LogP contribution in [0.3, 0.4) is 0 Å². The lowest BCUT2D eigenvalue weighted by Gasteiger charge is -2.26. The molecule has 4 rings (SSSR count). The van der Waals surface area contributed by atoms with Gasteiger partial charge in [0.15, 0.2) is 6.61 Å². The van der Waals surface area contributed by atoms with Gasteiger partial charge in [0.25, 0.3) is 11.8 Å². The number of nitrogens with zero attached hydrogens (tertiary/aromatic N) is 1. The monoisotopic (exact) mass is 394 g/mol. The van der Waals surface area contributed by atoms with Crippen LogP contribution in [0.4, 0.5) is 5.69 Å². The van der Waals surface area contributed by atoms with Crippen LogP contribution < -0.4 is 10.1 Å². The Balaban J connectivity index is 1.54. The van der Waals surface area contributed by atoms with Crippen LogP contribution in [0.5, 0.6) is 5.75 Å². The van der Waals surface area contributed by atoms with E-state index in [0.717, 1.165) is 5.56 Å². The van der Waals surface area contributed by atoms with Crippen molar-refractivity contribution < 1.29 is 23.5 Å². The lowest BCUT2D eigenvalue weighted by Crippen LogP contribution is -2.40. The number of morpholine rings is 1. The molecule has 0 atom stereocenters. The fraction of sp³-hybridized carbons (Fsp3) is 0.273. The molecule has 1 fully saturated rings. The van der Waals surface area contributed by atoms with Gasteiger partial charge in [-0.05, 0) is 31.2 Å². The Morgan fingerprint density at radius 1 is 1.07 bits per heavy atom. The van der Waals surface area contributed by atoms with Gasteiger partial charge in [0.2, 0.25) is 5.76 Å². The first-order valence-electron chi connectivity index (χ1n) is 9.49. The maximum atomic E-state index is 13.0. The van der Waals surface area contributed by atoms with Crippen molar-refractivity contribution in [3.8, 4) is 5.75 Å².